The van der Waals surface area contributed by atoms with Crippen LogP contribution in [-0.4, -0.2) is 36.8 Å². The van der Waals surface area contributed by atoms with E-state index in [9.17, 15) is 4.79 Å². The number of aromatic nitrogens is 5. The van der Waals surface area contributed by atoms with Crippen LogP contribution in [0.3, 0.4) is 0 Å². The summed E-state index contributed by atoms with van der Waals surface area (Å²) in [5.74, 6) is 1.75. The van der Waals surface area contributed by atoms with Crippen LogP contribution in [-0.2, 0) is 16.6 Å². The molecule has 0 amide bonds. The minimum absolute atomic E-state index is 0.00257. The maximum atomic E-state index is 12.1. The molecule has 0 aliphatic heterocycles. The van der Waals surface area contributed by atoms with E-state index in [1.54, 1.807) is 23.3 Å². The van der Waals surface area contributed by atoms with E-state index >= 15 is 0 Å². The second-order valence-electron chi connectivity index (χ2n) is 9.92. The van der Waals surface area contributed by atoms with E-state index in [2.05, 4.69) is 26.4 Å². The monoisotopic (exact) mass is 512 g/mol. The van der Waals surface area contributed by atoms with Gasteiger partial charge in [0.15, 0.2) is 5.82 Å². The molecule has 4 aromatic rings. The van der Waals surface area contributed by atoms with Crippen LogP contribution in [0, 0.1) is 12.8 Å². The zero-order chi connectivity index (χ0) is 26.8. The molecular formula is C29H32N6O3. The highest BCUT2D eigenvalue weighted by atomic mass is 16.5. The number of ether oxygens (including phenoxy) is 2. The standard InChI is InChI=1S/C29H32N6O3/c1-17(2)37-27-16-30-15-26(33-27)34-28-24(14-32-35(28)5)25-11-9-22(13-31-25)21-8-10-23(18(3)12-21)19(4)38-29(36)20-6-7-20/h8-17,19-20H,6-7H2,1-5H3,(H,33,34). The number of esters is 1. The fourth-order valence-electron chi connectivity index (χ4n) is 4.29. The van der Waals surface area contributed by atoms with Crippen molar-refractivity contribution in [1.82, 2.24) is 24.7 Å². The third-order valence-corrected chi connectivity index (χ3v) is 6.44. The van der Waals surface area contributed by atoms with Gasteiger partial charge in [0.2, 0.25) is 5.88 Å². The van der Waals surface area contributed by atoms with Crippen LogP contribution >= 0.6 is 0 Å². The highest BCUT2D eigenvalue weighted by Crippen LogP contribution is 2.34. The van der Waals surface area contributed by atoms with Gasteiger partial charge in [0, 0.05) is 18.8 Å². The Hall–Kier alpha value is -4.27. The van der Waals surface area contributed by atoms with Crippen molar-refractivity contribution < 1.29 is 14.3 Å². The lowest BCUT2D eigenvalue weighted by atomic mass is 9.98. The molecule has 1 saturated carbocycles. The highest BCUT2D eigenvalue weighted by molar-refractivity contribution is 5.77. The molecule has 9 heteroatoms. The molecule has 3 heterocycles. The molecule has 0 bridgehead atoms. The van der Waals surface area contributed by atoms with Gasteiger partial charge >= 0.3 is 5.97 Å². The predicted molar refractivity (Wildman–Crippen MR) is 145 cm³/mol. The molecule has 0 radical (unpaired) electrons. The van der Waals surface area contributed by atoms with Crippen molar-refractivity contribution in [2.24, 2.45) is 13.0 Å². The number of carbonyl (C=O) groups excluding carboxylic acids is 1. The maximum Gasteiger partial charge on any atom is 0.309 e. The lowest BCUT2D eigenvalue weighted by Crippen LogP contribution is -2.11. The molecule has 0 saturated heterocycles. The first kappa shape index (κ1) is 25.4. The number of anilines is 2. The van der Waals surface area contributed by atoms with Gasteiger partial charge < -0.3 is 14.8 Å². The van der Waals surface area contributed by atoms with Gasteiger partial charge in [-0.1, -0.05) is 24.3 Å². The van der Waals surface area contributed by atoms with Gasteiger partial charge in [-0.05, 0) is 63.3 Å². The first-order valence-corrected chi connectivity index (χ1v) is 12.8. The van der Waals surface area contributed by atoms with Crippen molar-refractivity contribution in [3.05, 3.63) is 66.2 Å². The number of rotatable bonds is 9. The van der Waals surface area contributed by atoms with E-state index in [0.717, 1.165) is 52.2 Å². The van der Waals surface area contributed by atoms with Crippen LogP contribution in [0.2, 0.25) is 0 Å². The summed E-state index contributed by atoms with van der Waals surface area (Å²) >= 11 is 0. The van der Waals surface area contributed by atoms with Crippen LogP contribution in [0.5, 0.6) is 5.88 Å². The summed E-state index contributed by atoms with van der Waals surface area (Å²) in [5, 5.41) is 7.71. The summed E-state index contributed by atoms with van der Waals surface area (Å²) in [6.07, 6.45) is 8.48. The quantitative estimate of drug-likeness (QED) is 0.281. The number of carbonyl (C=O) groups is 1. The molecule has 1 N–H and O–H groups in total. The molecule has 0 spiro atoms. The minimum atomic E-state index is -0.267. The molecule has 3 aromatic heterocycles. The molecular weight excluding hydrogens is 480 g/mol. The van der Waals surface area contributed by atoms with Gasteiger partial charge in [0.25, 0.3) is 0 Å². The Morgan fingerprint density at radius 1 is 1.05 bits per heavy atom. The average molecular weight is 513 g/mol. The van der Waals surface area contributed by atoms with Crippen molar-refractivity contribution >= 4 is 17.6 Å². The third kappa shape index (κ3) is 5.66. The van der Waals surface area contributed by atoms with Gasteiger partial charge in [-0.15, -0.1) is 0 Å². The Morgan fingerprint density at radius 2 is 1.84 bits per heavy atom. The van der Waals surface area contributed by atoms with Crippen molar-refractivity contribution in [1.29, 1.82) is 0 Å². The first-order valence-electron chi connectivity index (χ1n) is 12.8. The van der Waals surface area contributed by atoms with Gasteiger partial charge in [-0.25, -0.2) is 0 Å². The van der Waals surface area contributed by atoms with Crippen LogP contribution < -0.4 is 10.1 Å². The number of hydrogen-bond acceptors (Lipinski definition) is 8. The second kappa shape index (κ2) is 10.6. The van der Waals surface area contributed by atoms with Crippen LogP contribution in [0.1, 0.15) is 50.8 Å². The van der Waals surface area contributed by atoms with Crippen LogP contribution in [0.15, 0.2) is 55.1 Å². The summed E-state index contributed by atoms with van der Waals surface area (Å²) in [4.78, 5) is 25.5. The van der Waals surface area contributed by atoms with Crippen LogP contribution in [0.25, 0.3) is 22.4 Å². The van der Waals surface area contributed by atoms with Gasteiger partial charge in [-0.3, -0.25) is 19.4 Å². The zero-order valence-corrected chi connectivity index (χ0v) is 22.3. The van der Waals surface area contributed by atoms with Crippen molar-refractivity contribution in [3.63, 3.8) is 0 Å². The molecule has 38 heavy (non-hydrogen) atoms. The molecule has 1 aromatic carbocycles. The van der Waals surface area contributed by atoms with E-state index in [4.69, 9.17) is 14.5 Å². The van der Waals surface area contributed by atoms with Crippen molar-refractivity contribution in [2.45, 2.75) is 52.7 Å². The van der Waals surface area contributed by atoms with Crippen molar-refractivity contribution in [2.75, 3.05) is 5.32 Å². The summed E-state index contributed by atoms with van der Waals surface area (Å²) in [6.45, 7) is 7.86. The zero-order valence-electron chi connectivity index (χ0n) is 22.3. The molecule has 5 rings (SSSR count). The molecule has 1 atom stereocenters. The number of benzene rings is 1. The number of nitrogens with zero attached hydrogens (tertiary/aromatic N) is 5. The second-order valence-corrected chi connectivity index (χ2v) is 9.92. The number of hydrogen-bond donors (Lipinski definition) is 1. The van der Waals surface area contributed by atoms with E-state index < -0.39 is 0 Å². The summed E-state index contributed by atoms with van der Waals surface area (Å²) in [7, 11) is 1.86. The van der Waals surface area contributed by atoms with Crippen LogP contribution in [0.4, 0.5) is 11.6 Å². The Kier molecular flexibility index (Phi) is 7.09. The maximum absolute atomic E-state index is 12.1. The Bertz CT molecular complexity index is 1440. The van der Waals surface area contributed by atoms with E-state index in [-0.39, 0.29) is 24.1 Å². The van der Waals surface area contributed by atoms with Gasteiger partial charge in [-0.2, -0.15) is 10.1 Å². The third-order valence-electron chi connectivity index (χ3n) is 6.44. The Morgan fingerprint density at radius 3 is 2.53 bits per heavy atom. The molecule has 1 aliphatic carbocycles. The lowest BCUT2D eigenvalue weighted by molar-refractivity contribution is -0.150. The van der Waals surface area contributed by atoms with E-state index in [1.165, 1.54) is 0 Å². The largest absolute Gasteiger partial charge is 0.474 e. The van der Waals surface area contributed by atoms with Crippen molar-refractivity contribution in [3.8, 4) is 28.3 Å². The lowest BCUT2D eigenvalue weighted by Gasteiger charge is -2.17. The first-order chi connectivity index (χ1) is 18.3. The molecule has 196 valence electrons. The average Bonchev–Trinajstić information content (AvgIpc) is 3.68. The summed E-state index contributed by atoms with van der Waals surface area (Å²) in [6, 6.07) is 10.2. The molecule has 9 nitrogen and oxygen atoms in total. The molecule has 1 fully saturated rings. The van der Waals surface area contributed by atoms with E-state index in [1.807, 2.05) is 65.2 Å². The fraction of sp³-hybridized carbons (Fsp3) is 0.345. The van der Waals surface area contributed by atoms with Gasteiger partial charge in [0.1, 0.15) is 11.9 Å². The topological polar surface area (TPSA) is 104 Å². The number of aryl methyl sites for hydroxylation is 2. The molecule has 1 unspecified atom stereocenters. The highest BCUT2D eigenvalue weighted by Gasteiger charge is 2.32. The Balaban J connectivity index is 1.33. The number of pyridine rings is 1. The minimum Gasteiger partial charge on any atom is -0.474 e. The summed E-state index contributed by atoms with van der Waals surface area (Å²) < 4.78 is 13.0. The van der Waals surface area contributed by atoms with Gasteiger partial charge in [0.05, 0.1) is 41.9 Å². The normalized spacial score (nSPS) is 13.8. The smallest absolute Gasteiger partial charge is 0.309 e. The predicted octanol–water partition coefficient (Wildman–Crippen LogP) is 5.79. The Labute approximate surface area is 222 Å². The summed E-state index contributed by atoms with van der Waals surface area (Å²) in [5.41, 5.74) is 5.76. The molecule has 1 aliphatic rings. The fourth-order valence-corrected chi connectivity index (χ4v) is 4.29. The van der Waals surface area contributed by atoms with E-state index in [0.29, 0.717) is 11.7 Å². The SMILES string of the molecule is Cc1cc(-c2ccc(-c3cnn(C)c3Nc3cncc(OC(C)C)n3)nc2)ccc1C(C)OC(=O)C1CC1. The number of nitrogens with one attached hydrogen (secondary N) is 1.